The molecule has 0 amide bonds. The van der Waals surface area contributed by atoms with Gasteiger partial charge in [0.05, 0.1) is 50.2 Å². The van der Waals surface area contributed by atoms with E-state index in [0.717, 1.165) is 6.07 Å². The van der Waals surface area contributed by atoms with Gasteiger partial charge in [-0.2, -0.15) is 18.4 Å². The van der Waals surface area contributed by atoms with Gasteiger partial charge in [-0.3, -0.25) is 14.3 Å². The van der Waals surface area contributed by atoms with Gasteiger partial charge in [-0.05, 0) is 44.2 Å². The molecule has 9 nitrogen and oxygen atoms in total. The molecule has 0 saturated carbocycles. The topological polar surface area (TPSA) is 131 Å². The number of rotatable bonds is 7. The zero-order valence-electron chi connectivity index (χ0n) is 24.5. The first-order valence-electron chi connectivity index (χ1n) is 13.9. The van der Waals surface area contributed by atoms with Crippen LogP contribution in [0.5, 0.6) is 5.75 Å². The molecule has 4 aromatic heterocycles. The van der Waals surface area contributed by atoms with Crippen LogP contribution in [0, 0.1) is 25.2 Å². The lowest BCUT2D eigenvalue weighted by Crippen LogP contribution is -2.28. The minimum absolute atomic E-state index is 0.0235. The van der Waals surface area contributed by atoms with Gasteiger partial charge in [0, 0.05) is 33.3 Å². The van der Waals surface area contributed by atoms with Gasteiger partial charge in [0.2, 0.25) is 0 Å². The molecule has 0 saturated heterocycles. The van der Waals surface area contributed by atoms with Crippen molar-refractivity contribution in [2.45, 2.75) is 26.6 Å². The number of aryl methyl sites for hydroxylation is 2. The number of nitrogens with zero attached hydrogens (tertiary/aromatic N) is 5. The van der Waals surface area contributed by atoms with E-state index in [2.05, 4.69) is 15.0 Å². The average Bonchev–Trinajstić information content (AvgIpc) is 3.48. The average molecular weight is 676 g/mol. The normalized spacial score (nSPS) is 11.6. The second-order valence-corrected chi connectivity index (χ2v) is 11.7. The Morgan fingerprint density at radius 2 is 1.85 bits per heavy atom. The van der Waals surface area contributed by atoms with Crippen LogP contribution in [0.1, 0.15) is 33.0 Å². The van der Waals surface area contributed by atoms with Crippen molar-refractivity contribution in [3.05, 3.63) is 104 Å². The van der Waals surface area contributed by atoms with Gasteiger partial charge in [-0.1, -0.05) is 29.8 Å². The van der Waals surface area contributed by atoms with Gasteiger partial charge in [0.15, 0.2) is 0 Å². The molecule has 0 bridgehead atoms. The van der Waals surface area contributed by atoms with E-state index >= 15 is 0 Å². The maximum atomic E-state index is 13.9. The predicted molar refractivity (Wildman–Crippen MR) is 171 cm³/mol. The van der Waals surface area contributed by atoms with E-state index in [1.54, 1.807) is 31.2 Å². The molecule has 6 aromatic rings. The zero-order chi connectivity index (χ0) is 33.6. The highest BCUT2D eigenvalue weighted by Gasteiger charge is 2.35. The van der Waals surface area contributed by atoms with Crippen LogP contribution in [0.2, 0.25) is 5.02 Å². The molecule has 0 atom stereocenters. The van der Waals surface area contributed by atoms with Gasteiger partial charge in [0.1, 0.15) is 29.8 Å². The second kappa shape index (κ2) is 12.1. The standard InChI is InChI=1S/C33H21ClF3N5O4S/c1-16-27-26(22(14-38)28(40-16)20-5-3-4-6-24(20)33(35,36)37)31(43)42(17(2)41-27)11-12-46-25-8-7-18(34)13-21(25)19-9-10-39-29-23(32(44)45)15-47-30(19)29/h3-10,13,15H,11-12H2,1-2H3,(H,44,45). The summed E-state index contributed by atoms with van der Waals surface area (Å²) in [6, 6.07) is 13.3. The first kappa shape index (κ1) is 31.7. The largest absolute Gasteiger partial charge is 0.491 e. The summed E-state index contributed by atoms with van der Waals surface area (Å²) >= 11 is 7.54. The summed E-state index contributed by atoms with van der Waals surface area (Å²) in [5.41, 5.74) is -0.565. The first-order valence-corrected chi connectivity index (χ1v) is 15.2. The number of carbonyl (C=O) groups is 1. The summed E-state index contributed by atoms with van der Waals surface area (Å²) in [4.78, 5) is 38.6. The fraction of sp³-hybridized carbons (Fsp3) is 0.152. The molecule has 0 aliphatic carbocycles. The number of carboxylic acid groups (broad SMARTS) is 1. The number of thiophene rings is 1. The lowest BCUT2D eigenvalue weighted by atomic mass is 9.97. The molecule has 0 radical (unpaired) electrons. The number of pyridine rings is 2. The number of hydrogen-bond donors (Lipinski definition) is 1. The number of aromatic nitrogens is 4. The van der Waals surface area contributed by atoms with Gasteiger partial charge in [-0.25, -0.2) is 14.8 Å². The lowest BCUT2D eigenvalue weighted by Gasteiger charge is -2.17. The first-order chi connectivity index (χ1) is 22.4. The molecule has 14 heteroatoms. The molecule has 47 heavy (non-hydrogen) atoms. The molecular formula is C33H21ClF3N5O4S. The fourth-order valence-corrected chi connectivity index (χ4v) is 6.63. The molecule has 0 unspecified atom stereocenters. The Labute approximate surface area is 273 Å². The van der Waals surface area contributed by atoms with Crippen LogP contribution in [0.15, 0.2) is 64.9 Å². The van der Waals surface area contributed by atoms with Crippen molar-refractivity contribution in [3.63, 3.8) is 0 Å². The van der Waals surface area contributed by atoms with Crippen molar-refractivity contribution < 1.29 is 27.8 Å². The minimum Gasteiger partial charge on any atom is -0.491 e. The summed E-state index contributed by atoms with van der Waals surface area (Å²) in [5, 5.41) is 21.5. The molecule has 6 rings (SSSR count). The maximum absolute atomic E-state index is 13.9. The molecule has 0 aliphatic rings. The smallest absolute Gasteiger partial charge is 0.417 e. The number of benzene rings is 2. The Kier molecular flexibility index (Phi) is 8.17. The van der Waals surface area contributed by atoms with Crippen LogP contribution in [0.3, 0.4) is 0 Å². The second-order valence-electron chi connectivity index (χ2n) is 10.4. The number of nitriles is 1. The SMILES string of the molecule is Cc1nc(-c2ccccc2C(F)(F)F)c(C#N)c2c(=O)n(CCOc3ccc(Cl)cc3-c3ccnc4c(C(=O)O)csc34)c(C)nc12. The molecule has 4 heterocycles. The summed E-state index contributed by atoms with van der Waals surface area (Å²) in [6.45, 7) is 3.05. The van der Waals surface area contributed by atoms with E-state index in [0.29, 0.717) is 32.1 Å². The van der Waals surface area contributed by atoms with Crippen LogP contribution >= 0.6 is 22.9 Å². The highest BCUT2D eigenvalue weighted by atomic mass is 35.5. The van der Waals surface area contributed by atoms with Crippen molar-refractivity contribution in [1.29, 1.82) is 5.26 Å². The van der Waals surface area contributed by atoms with Crippen LogP contribution in [0.4, 0.5) is 13.2 Å². The van der Waals surface area contributed by atoms with E-state index in [9.17, 15) is 33.1 Å². The van der Waals surface area contributed by atoms with E-state index in [-0.39, 0.29) is 58.0 Å². The van der Waals surface area contributed by atoms with E-state index in [1.165, 1.54) is 52.6 Å². The van der Waals surface area contributed by atoms with Crippen LogP contribution in [-0.4, -0.2) is 37.2 Å². The highest BCUT2D eigenvalue weighted by molar-refractivity contribution is 7.18. The van der Waals surface area contributed by atoms with Gasteiger partial charge < -0.3 is 9.84 Å². The fourth-order valence-electron chi connectivity index (χ4n) is 5.43. The lowest BCUT2D eigenvalue weighted by molar-refractivity contribution is -0.137. The Morgan fingerprint density at radius 1 is 1.09 bits per heavy atom. The maximum Gasteiger partial charge on any atom is 0.417 e. The zero-order valence-corrected chi connectivity index (χ0v) is 26.1. The third-order valence-corrected chi connectivity index (χ3v) is 8.80. The Hall–Kier alpha value is -5.32. The van der Waals surface area contributed by atoms with E-state index < -0.39 is 23.3 Å². The van der Waals surface area contributed by atoms with Gasteiger partial charge in [0.25, 0.3) is 5.56 Å². The number of carboxylic acids is 1. The quantitative estimate of drug-likeness (QED) is 0.182. The summed E-state index contributed by atoms with van der Waals surface area (Å²) in [7, 11) is 0. The molecular weight excluding hydrogens is 655 g/mol. The molecule has 1 N–H and O–H groups in total. The van der Waals surface area contributed by atoms with Crippen molar-refractivity contribution in [2.24, 2.45) is 0 Å². The van der Waals surface area contributed by atoms with Crippen molar-refractivity contribution in [3.8, 4) is 34.2 Å². The van der Waals surface area contributed by atoms with Gasteiger partial charge in [-0.15, -0.1) is 11.3 Å². The summed E-state index contributed by atoms with van der Waals surface area (Å²) in [6.07, 6.45) is -3.22. The molecule has 2 aromatic carbocycles. The molecule has 236 valence electrons. The summed E-state index contributed by atoms with van der Waals surface area (Å²) in [5.74, 6) is -0.416. The highest BCUT2D eigenvalue weighted by Crippen LogP contribution is 2.40. The monoisotopic (exact) mass is 675 g/mol. The molecule has 0 spiro atoms. The predicted octanol–water partition coefficient (Wildman–Crippen LogP) is 7.67. The number of halogens is 4. The Balaban J connectivity index is 1.39. The number of aromatic carboxylic acids is 1. The molecule has 0 aliphatic heterocycles. The van der Waals surface area contributed by atoms with Crippen LogP contribution < -0.4 is 10.3 Å². The van der Waals surface area contributed by atoms with Crippen LogP contribution in [-0.2, 0) is 12.7 Å². The van der Waals surface area contributed by atoms with Crippen molar-refractivity contribution in [1.82, 2.24) is 19.5 Å². The van der Waals surface area contributed by atoms with Crippen molar-refractivity contribution >= 4 is 50.0 Å². The van der Waals surface area contributed by atoms with Crippen molar-refractivity contribution in [2.75, 3.05) is 6.61 Å². The number of hydrogen-bond acceptors (Lipinski definition) is 8. The number of fused-ring (bicyclic) bond motifs is 2. The summed E-state index contributed by atoms with van der Waals surface area (Å²) < 4.78 is 49.7. The third kappa shape index (κ3) is 5.66. The van der Waals surface area contributed by atoms with Gasteiger partial charge >= 0.3 is 12.1 Å². The van der Waals surface area contributed by atoms with E-state index in [4.69, 9.17) is 16.3 Å². The van der Waals surface area contributed by atoms with Crippen LogP contribution in [0.25, 0.3) is 43.5 Å². The minimum atomic E-state index is -4.72. The Bertz CT molecular complexity index is 2350. The molecule has 0 fully saturated rings. The van der Waals surface area contributed by atoms with E-state index in [1.807, 2.05) is 6.07 Å². The number of ether oxygens (including phenoxy) is 1. The Morgan fingerprint density at radius 3 is 2.57 bits per heavy atom. The number of alkyl halides is 3. The third-order valence-electron chi connectivity index (χ3n) is 7.56.